The Morgan fingerprint density at radius 3 is 2.69 bits per heavy atom. The molecular weight excluding hydrogens is 475 g/mol. The van der Waals surface area contributed by atoms with Crippen LogP contribution in [0, 0.1) is 0 Å². The molecule has 0 saturated carbocycles. The minimum atomic E-state index is -4.67. The number of benzene rings is 1. The fourth-order valence-corrected chi connectivity index (χ4v) is 4.97. The number of amides is 1. The lowest BCUT2D eigenvalue weighted by Gasteiger charge is -2.34. The first-order chi connectivity index (χ1) is 17.2. The number of nitrogens with zero attached hydrogens (tertiary/aromatic N) is 4. The molecular formula is C25H26F3N5O3. The van der Waals surface area contributed by atoms with Gasteiger partial charge in [-0.3, -0.25) is 9.58 Å². The van der Waals surface area contributed by atoms with Crippen LogP contribution in [0.5, 0.6) is 11.6 Å². The van der Waals surface area contributed by atoms with Crippen molar-refractivity contribution in [1.82, 2.24) is 20.1 Å². The zero-order chi connectivity index (χ0) is 25.4. The molecule has 36 heavy (non-hydrogen) atoms. The summed E-state index contributed by atoms with van der Waals surface area (Å²) in [6.07, 6.45) is 1.76. The van der Waals surface area contributed by atoms with E-state index in [2.05, 4.69) is 15.4 Å². The monoisotopic (exact) mass is 501 g/mol. The van der Waals surface area contributed by atoms with Gasteiger partial charge in [-0.1, -0.05) is 0 Å². The van der Waals surface area contributed by atoms with Gasteiger partial charge in [0.05, 0.1) is 17.9 Å². The summed E-state index contributed by atoms with van der Waals surface area (Å²) in [7, 11) is 0. The van der Waals surface area contributed by atoms with E-state index in [4.69, 9.17) is 4.74 Å². The van der Waals surface area contributed by atoms with E-state index in [1.807, 2.05) is 10.9 Å². The van der Waals surface area contributed by atoms with E-state index in [-0.39, 0.29) is 17.8 Å². The Kier molecular flexibility index (Phi) is 6.33. The van der Waals surface area contributed by atoms with Crippen LogP contribution in [-0.4, -0.2) is 45.1 Å². The van der Waals surface area contributed by atoms with Gasteiger partial charge in [0, 0.05) is 35.1 Å². The average molecular weight is 502 g/mol. The van der Waals surface area contributed by atoms with Gasteiger partial charge in [0.15, 0.2) is 0 Å². The van der Waals surface area contributed by atoms with Crippen LogP contribution in [0.1, 0.15) is 43.4 Å². The summed E-state index contributed by atoms with van der Waals surface area (Å²) in [4.78, 5) is 17.1. The molecule has 2 aromatic heterocycles. The fraction of sp³-hybridized carbons (Fsp3) is 0.400. The molecule has 1 atom stereocenters. The molecule has 0 aliphatic carbocycles. The highest BCUT2D eigenvalue weighted by atomic mass is 19.4. The molecule has 2 aliphatic heterocycles. The highest BCUT2D eigenvalue weighted by molar-refractivity contribution is 5.91. The van der Waals surface area contributed by atoms with E-state index in [1.165, 1.54) is 17.2 Å². The lowest BCUT2D eigenvalue weighted by atomic mass is 9.92. The maximum Gasteiger partial charge on any atom is 0.421 e. The summed E-state index contributed by atoms with van der Waals surface area (Å²) in [6, 6.07) is 5.43. The number of hydrogen-bond donors (Lipinski definition) is 2. The van der Waals surface area contributed by atoms with Gasteiger partial charge in [-0.2, -0.15) is 18.3 Å². The Morgan fingerprint density at radius 2 is 1.97 bits per heavy atom. The number of rotatable bonds is 4. The van der Waals surface area contributed by atoms with Crippen molar-refractivity contribution in [2.75, 3.05) is 18.0 Å². The molecule has 5 rings (SSSR count). The van der Waals surface area contributed by atoms with E-state index in [9.17, 15) is 23.1 Å². The first-order valence-electron chi connectivity index (χ1n) is 11.9. The predicted octanol–water partition coefficient (Wildman–Crippen LogP) is 5.50. The van der Waals surface area contributed by atoms with E-state index in [1.54, 1.807) is 25.3 Å². The molecule has 1 fully saturated rings. The van der Waals surface area contributed by atoms with Crippen LogP contribution in [0.3, 0.4) is 0 Å². The molecule has 0 radical (unpaired) electrons. The number of halogens is 3. The van der Waals surface area contributed by atoms with Crippen molar-refractivity contribution < 1.29 is 27.8 Å². The number of carboxylic acid groups (broad SMARTS) is 1. The second kappa shape index (κ2) is 9.45. The maximum atomic E-state index is 13.7. The lowest BCUT2D eigenvalue weighted by Crippen LogP contribution is -2.41. The summed E-state index contributed by atoms with van der Waals surface area (Å²) >= 11 is 0. The Hall–Kier alpha value is -3.60. The Bertz CT molecular complexity index is 1270. The molecule has 1 saturated heterocycles. The van der Waals surface area contributed by atoms with E-state index < -0.39 is 23.7 Å². The number of hydrogen-bond acceptors (Lipinski definition) is 5. The largest absolute Gasteiger partial charge is 0.465 e. The summed E-state index contributed by atoms with van der Waals surface area (Å²) in [5, 5.41) is 17.7. The highest BCUT2D eigenvalue weighted by Gasteiger charge is 2.37. The second-order valence-electron chi connectivity index (χ2n) is 9.13. The Balaban J connectivity index is 1.64. The molecule has 4 heterocycles. The van der Waals surface area contributed by atoms with Crippen LogP contribution in [0.2, 0.25) is 0 Å². The van der Waals surface area contributed by atoms with Crippen molar-refractivity contribution in [2.24, 2.45) is 0 Å². The third kappa shape index (κ3) is 4.50. The van der Waals surface area contributed by atoms with Crippen molar-refractivity contribution in [1.29, 1.82) is 0 Å². The maximum absolute atomic E-state index is 13.7. The van der Waals surface area contributed by atoms with Gasteiger partial charge in [0.25, 0.3) is 0 Å². The first-order valence-corrected chi connectivity index (χ1v) is 11.9. The van der Waals surface area contributed by atoms with E-state index >= 15 is 0 Å². The summed E-state index contributed by atoms with van der Waals surface area (Å²) in [5.41, 5.74) is 1.14. The normalized spacial score (nSPS) is 18.7. The molecule has 1 aromatic carbocycles. The summed E-state index contributed by atoms with van der Waals surface area (Å²) in [5.74, 6) is -0.411. The molecule has 190 valence electrons. The van der Waals surface area contributed by atoms with Crippen molar-refractivity contribution in [3.63, 3.8) is 0 Å². The van der Waals surface area contributed by atoms with E-state index in [0.29, 0.717) is 35.2 Å². The Morgan fingerprint density at radius 1 is 1.19 bits per heavy atom. The summed E-state index contributed by atoms with van der Waals surface area (Å²) < 4.78 is 49.0. The van der Waals surface area contributed by atoms with Crippen LogP contribution in [0.15, 0.2) is 42.9 Å². The van der Waals surface area contributed by atoms with Gasteiger partial charge < -0.3 is 15.2 Å². The number of alkyl halides is 3. The van der Waals surface area contributed by atoms with Gasteiger partial charge in [-0.25, -0.2) is 9.78 Å². The molecule has 3 aromatic rings. The third-order valence-electron chi connectivity index (χ3n) is 6.82. The number of fused-ring (bicyclic) bond motifs is 1. The zero-order valence-corrected chi connectivity index (χ0v) is 19.6. The number of anilines is 1. The standard InChI is InChI=1S/C25H26F3N5O3/c1-15-4-5-19-21(33(15)24(34)35)7-6-18(16-13-31-32(14-16)17-8-11-29-12-9-17)22(19)36-23-20(25(26,27)28)3-2-10-30-23/h2-3,6-7,10,13-15,17,29H,4-5,8-9,11-12H2,1H3,(H,34,35)/t15-/m0/s1. The number of pyridine rings is 1. The van der Waals surface area contributed by atoms with Gasteiger partial charge >= 0.3 is 12.3 Å². The molecule has 8 nitrogen and oxygen atoms in total. The number of piperidine rings is 1. The molecule has 2 aliphatic rings. The van der Waals surface area contributed by atoms with Crippen molar-refractivity contribution in [3.05, 3.63) is 54.0 Å². The minimum absolute atomic E-state index is 0.166. The SMILES string of the molecule is C[C@H]1CCc2c(ccc(-c3cnn(C4CCNCC4)c3)c2Oc2ncccc2C(F)(F)F)N1C(=O)O. The van der Waals surface area contributed by atoms with Crippen LogP contribution in [0.25, 0.3) is 11.1 Å². The second-order valence-corrected chi connectivity index (χ2v) is 9.13. The van der Waals surface area contributed by atoms with Crippen molar-refractivity contribution in [2.45, 2.75) is 50.9 Å². The third-order valence-corrected chi connectivity index (χ3v) is 6.82. The average Bonchev–Trinajstić information content (AvgIpc) is 3.34. The van der Waals surface area contributed by atoms with Crippen LogP contribution in [0.4, 0.5) is 23.7 Å². The smallest absolute Gasteiger partial charge is 0.421 e. The number of carbonyl (C=O) groups is 1. The van der Waals surface area contributed by atoms with E-state index in [0.717, 1.165) is 32.0 Å². The topological polar surface area (TPSA) is 92.5 Å². The quantitative estimate of drug-likeness (QED) is 0.491. The summed E-state index contributed by atoms with van der Waals surface area (Å²) in [6.45, 7) is 3.57. The Labute approximate surface area is 205 Å². The van der Waals surface area contributed by atoms with Gasteiger partial charge in [-0.05, 0) is 70.0 Å². The lowest BCUT2D eigenvalue weighted by molar-refractivity contribution is -0.138. The number of aromatic nitrogens is 3. The molecule has 0 unspecified atom stereocenters. The molecule has 11 heteroatoms. The number of nitrogens with one attached hydrogen (secondary N) is 1. The molecule has 2 N–H and O–H groups in total. The number of ether oxygens (including phenoxy) is 1. The van der Waals surface area contributed by atoms with Crippen LogP contribution < -0.4 is 15.0 Å². The van der Waals surface area contributed by atoms with Crippen molar-refractivity contribution in [3.8, 4) is 22.8 Å². The van der Waals surface area contributed by atoms with Gasteiger partial charge in [-0.15, -0.1) is 0 Å². The zero-order valence-electron chi connectivity index (χ0n) is 19.6. The molecule has 1 amide bonds. The fourth-order valence-electron chi connectivity index (χ4n) is 4.97. The first kappa shape index (κ1) is 24.1. The van der Waals surface area contributed by atoms with Crippen LogP contribution in [-0.2, 0) is 12.6 Å². The van der Waals surface area contributed by atoms with Gasteiger partial charge in [0.1, 0.15) is 11.3 Å². The predicted molar refractivity (Wildman–Crippen MR) is 126 cm³/mol. The van der Waals surface area contributed by atoms with Gasteiger partial charge in [0.2, 0.25) is 5.88 Å². The highest BCUT2D eigenvalue weighted by Crippen LogP contribution is 2.46. The van der Waals surface area contributed by atoms with Crippen molar-refractivity contribution >= 4 is 11.8 Å². The molecule has 0 bridgehead atoms. The minimum Gasteiger partial charge on any atom is -0.465 e. The van der Waals surface area contributed by atoms with Crippen LogP contribution >= 0.6 is 0 Å². The molecule has 0 spiro atoms.